The number of alkyl halides is 1. The molecule has 3 rings (SSSR count). The van der Waals surface area contributed by atoms with Crippen LogP contribution in [-0.2, 0) is 30.7 Å². The van der Waals surface area contributed by atoms with Crippen LogP contribution in [0.25, 0.3) is 5.69 Å². The number of nitrogens with two attached hydrogens (primary N) is 1. The number of anilines is 1. The molecule has 0 saturated carbocycles. The molecule has 0 radical (unpaired) electrons. The van der Waals surface area contributed by atoms with Crippen LogP contribution in [0.4, 0.5) is 5.69 Å². The molecule has 286 valence electrons. The van der Waals surface area contributed by atoms with Crippen LogP contribution >= 0.6 is 42.2 Å². The van der Waals surface area contributed by atoms with Gasteiger partial charge >= 0.3 is 11.7 Å². The van der Waals surface area contributed by atoms with Gasteiger partial charge in [-0.15, -0.1) is 16.7 Å². The normalized spacial score (nSPS) is 12.9. The maximum Gasteiger partial charge on any atom is 0.442 e. The predicted molar refractivity (Wildman–Crippen MR) is 203 cm³/mol. The van der Waals surface area contributed by atoms with Crippen LogP contribution in [0.5, 0.6) is 5.75 Å². The van der Waals surface area contributed by atoms with Crippen LogP contribution in [0.15, 0.2) is 39.5 Å². The van der Waals surface area contributed by atoms with Crippen LogP contribution in [0.2, 0.25) is 10.0 Å². The number of carboxylic acids is 1. The molecule has 2 unspecified atom stereocenters. The quantitative estimate of drug-likeness (QED) is 0.0916. The monoisotopic (exact) mass is 794 g/mol. The van der Waals surface area contributed by atoms with Gasteiger partial charge in [0.1, 0.15) is 24.4 Å². The summed E-state index contributed by atoms with van der Waals surface area (Å²) >= 11 is 18.0. The Kier molecular flexibility index (Phi) is 19.0. The number of hydrogen-bond acceptors (Lipinski definition) is 9. The van der Waals surface area contributed by atoms with Crippen molar-refractivity contribution in [2.45, 2.75) is 85.8 Å². The molecule has 0 aliphatic heterocycles. The zero-order valence-corrected chi connectivity index (χ0v) is 33.7. The summed E-state index contributed by atoms with van der Waals surface area (Å²) in [5.74, 6) is -1.15. The lowest BCUT2D eigenvalue weighted by Crippen LogP contribution is -2.35. The molecule has 0 fully saturated rings. The van der Waals surface area contributed by atoms with Crippen molar-refractivity contribution in [1.82, 2.24) is 9.78 Å². The van der Waals surface area contributed by atoms with Crippen molar-refractivity contribution in [3.63, 3.8) is 0 Å². The SMILES string of the molecule is CC(C)Oc1cc(-n2nc(C(C)(C)C)oc2=O)c(Cl)cc1Cl.CCOCN(C(=O)CCl)c1c(C)cccc1CC.CP(=O)(O)CCC(N)C(=O)O. The van der Waals surface area contributed by atoms with Gasteiger partial charge in [0, 0.05) is 30.9 Å². The molecule has 51 heavy (non-hydrogen) atoms. The van der Waals surface area contributed by atoms with E-state index in [-0.39, 0.29) is 47.6 Å². The summed E-state index contributed by atoms with van der Waals surface area (Å²) in [6.07, 6.45) is 0.806. The third-order valence-electron chi connectivity index (χ3n) is 6.77. The predicted octanol–water partition coefficient (Wildman–Crippen LogP) is 7.03. The van der Waals surface area contributed by atoms with E-state index in [0.717, 1.165) is 27.9 Å². The standard InChI is InChI=1S/C15H18Cl2N2O3.C14H20ClNO2.C5H12NO4P/c1-8(2)21-12-7-11(9(16)6-10(12)17)19-14(20)22-13(18-19)15(3,4)5;1-4-12-8-6-7-11(3)14(12)16(10-18-5-2)13(17)9-15;1-11(9,10)3-2-4(6)5(7)8/h6-8H,1-5H3;6-8H,4-5,9-10H2,1-3H3;4H,2-3,6H2,1H3,(H,7,8)(H,9,10). The minimum absolute atomic E-state index is 0.0371. The number of aryl methyl sites for hydroxylation is 2. The highest BCUT2D eigenvalue weighted by atomic mass is 35.5. The van der Waals surface area contributed by atoms with Gasteiger partial charge < -0.3 is 29.6 Å². The Labute approximate surface area is 314 Å². The fourth-order valence-electron chi connectivity index (χ4n) is 4.17. The van der Waals surface area contributed by atoms with E-state index >= 15 is 0 Å². The summed E-state index contributed by atoms with van der Waals surface area (Å²) in [4.78, 5) is 44.5. The summed E-state index contributed by atoms with van der Waals surface area (Å²) in [7, 11) is -3.10. The lowest BCUT2D eigenvalue weighted by Gasteiger charge is -2.25. The van der Waals surface area contributed by atoms with E-state index in [1.165, 1.54) is 12.7 Å². The average Bonchev–Trinajstić information content (AvgIpc) is 3.43. The highest BCUT2D eigenvalue weighted by Gasteiger charge is 2.24. The van der Waals surface area contributed by atoms with Crippen molar-refractivity contribution in [2.75, 3.05) is 36.9 Å². The van der Waals surface area contributed by atoms with Gasteiger partial charge in [-0.25, -0.2) is 4.79 Å². The number of benzene rings is 2. The van der Waals surface area contributed by atoms with Gasteiger partial charge in [0.05, 0.1) is 27.5 Å². The number of halogens is 3. The Bertz CT molecular complexity index is 1700. The molecule has 4 N–H and O–H groups in total. The molecule has 0 bridgehead atoms. The minimum Gasteiger partial charge on any atom is -0.489 e. The first-order valence-electron chi connectivity index (χ1n) is 16.1. The van der Waals surface area contributed by atoms with E-state index in [0.29, 0.717) is 29.0 Å². The number of rotatable bonds is 13. The Morgan fingerprint density at radius 3 is 2.25 bits per heavy atom. The Hall–Kier alpha value is -2.90. The largest absolute Gasteiger partial charge is 0.489 e. The molecule has 0 aliphatic rings. The lowest BCUT2D eigenvalue weighted by molar-refractivity contribution is -0.138. The van der Waals surface area contributed by atoms with E-state index < -0.39 is 25.1 Å². The number of amides is 1. The number of para-hydroxylation sites is 1. The second-order valence-electron chi connectivity index (χ2n) is 12.8. The lowest BCUT2D eigenvalue weighted by atomic mass is 9.97. The molecule has 3 aromatic rings. The maximum absolute atomic E-state index is 12.1. The zero-order valence-electron chi connectivity index (χ0n) is 30.5. The number of ether oxygens (including phenoxy) is 2. The van der Waals surface area contributed by atoms with Gasteiger partial charge in [0.2, 0.25) is 11.8 Å². The summed E-state index contributed by atoms with van der Waals surface area (Å²) in [6.45, 7) is 17.4. The van der Waals surface area contributed by atoms with Crippen LogP contribution < -0.4 is 21.1 Å². The van der Waals surface area contributed by atoms with Gasteiger partial charge in [-0.3, -0.25) is 19.1 Å². The van der Waals surface area contributed by atoms with E-state index in [1.54, 1.807) is 11.0 Å². The van der Waals surface area contributed by atoms with Gasteiger partial charge in [0.25, 0.3) is 0 Å². The van der Waals surface area contributed by atoms with Crippen LogP contribution in [-0.4, -0.2) is 75.8 Å². The summed E-state index contributed by atoms with van der Waals surface area (Å²) in [5, 5.41) is 13.2. The van der Waals surface area contributed by atoms with Crippen molar-refractivity contribution >= 4 is 59.7 Å². The first kappa shape index (κ1) is 46.1. The topological polar surface area (TPSA) is 187 Å². The Morgan fingerprint density at radius 1 is 1.16 bits per heavy atom. The molecule has 0 saturated heterocycles. The number of carbonyl (C=O) groups is 2. The first-order valence-corrected chi connectivity index (χ1v) is 19.7. The van der Waals surface area contributed by atoms with Gasteiger partial charge in [-0.2, -0.15) is 4.68 Å². The van der Waals surface area contributed by atoms with Crippen molar-refractivity contribution < 1.29 is 38.0 Å². The summed E-state index contributed by atoms with van der Waals surface area (Å²) in [5.41, 5.74) is 8.20. The van der Waals surface area contributed by atoms with Crippen molar-refractivity contribution in [3.05, 3.63) is 67.9 Å². The molecule has 2 aromatic carbocycles. The second kappa shape index (κ2) is 21.0. The number of aromatic nitrogens is 2. The van der Waals surface area contributed by atoms with Gasteiger partial charge in [0.15, 0.2) is 7.37 Å². The molecule has 2 atom stereocenters. The third-order valence-corrected chi connectivity index (χ3v) is 8.68. The zero-order chi connectivity index (χ0) is 39.3. The number of carboxylic acid groups (broad SMARTS) is 1. The van der Waals surface area contributed by atoms with Crippen molar-refractivity contribution in [3.8, 4) is 11.4 Å². The molecule has 1 amide bonds. The molecule has 0 spiro atoms. The van der Waals surface area contributed by atoms with Crippen LogP contribution in [0.1, 0.15) is 71.9 Å². The average molecular weight is 796 g/mol. The first-order chi connectivity index (χ1) is 23.6. The number of nitrogens with zero attached hydrogens (tertiary/aromatic N) is 3. The molecular weight excluding hydrogens is 746 g/mol. The maximum atomic E-state index is 12.1. The number of aliphatic carboxylic acids is 1. The van der Waals surface area contributed by atoms with Crippen molar-refractivity contribution in [2.24, 2.45) is 5.73 Å². The molecular formula is C34H50Cl3N4O9P. The van der Waals surface area contributed by atoms with E-state index in [9.17, 15) is 18.9 Å². The third kappa shape index (κ3) is 15.3. The smallest absolute Gasteiger partial charge is 0.442 e. The molecule has 1 aromatic heterocycles. The molecule has 13 nitrogen and oxygen atoms in total. The number of hydrogen-bond donors (Lipinski definition) is 3. The second-order valence-corrected chi connectivity index (χ2v) is 16.4. The highest BCUT2D eigenvalue weighted by Crippen LogP contribution is 2.36. The van der Waals surface area contributed by atoms with E-state index in [4.69, 9.17) is 64.4 Å². The Balaban J connectivity index is 0.000000405. The summed E-state index contributed by atoms with van der Waals surface area (Å²) in [6, 6.07) is 8.10. The minimum atomic E-state index is -3.10. The van der Waals surface area contributed by atoms with Crippen LogP contribution in [0.3, 0.4) is 0 Å². The molecule has 17 heteroatoms. The number of carbonyl (C=O) groups excluding carboxylic acids is 1. The van der Waals surface area contributed by atoms with E-state index in [2.05, 4.69) is 12.0 Å². The summed E-state index contributed by atoms with van der Waals surface area (Å²) < 4.78 is 28.0. The fraction of sp³-hybridized carbons (Fsp3) is 0.529. The fourth-order valence-corrected chi connectivity index (χ4v) is 5.58. The van der Waals surface area contributed by atoms with E-state index in [1.807, 2.05) is 66.7 Å². The Morgan fingerprint density at radius 2 is 1.78 bits per heavy atom. The van der Waals surface area contributed by atoms with Gasteiger partial charge in [-0.05, 0) is 57.7 Å². The van der Waals surface area contributed by atoms with Crippen molar-refractivity contribution in [1.29, 1.82) is 0 Å². The molecule has 0 aliphatic carbocycles. The molecule has 1 heterocycles. The van der Waals surface area contributed by atoms with Gasteiger partial charge in [-0.1, -0.05) is 69.1 Å². The highest BCUT2D eigenvalue weighted by molar-refractivity contribution is 7.57. The van der Waals surface area contributed by atoms with Crippen LogP contribution in [0, 0.1) is 6.92 Å².